The third-order valence-electron chi connectivity index (χ3n) is 7.96. The summed E-state index contributed by atoms with van der Waals surface area (Å²) in [5, 5.41) is 6.88. The molecule has 1 aromatic carbocycles. The minimum Gasteiger partial charge on any atom is -0.465 e. The number of benzene rings is 1. The van der Waals surface area contributed by atoms with Crippen molar-refractivity contribution in [1.82, 2.24) is 15.3 Å². The number of ether oxygens (including phenoxy) is 1. The molecule has 3 aliphatic heterocycles. The summed E-state index contributed by atoms with van der Waals surface area (Å²) in [5.74, 6) is 1.76. The first-order valence-corrected chi connectivity index (χ1v) is 13.4. The third-order valence-corrected chi connectivity index (χ3v) is 7.96. The number of rotatable bonds is 7. The number of nitrogens with one attached hydrogen (secondary N) is 2. The Kier molecular flexibility index (Phi) is 7.46. The van der Waals surface area contributed by atoms with E-state index in [9.17, 15) is 4.79 Å². The summed E-state index contributed by atoms with van der Waals surface area (Å²) in [7, 11) is 0. The van der Waals surface area contributed by atoms with Gasteiger partial charge >= 0.3 is 5.97 Å². The van der Waals surface area contributed by atoms with Gasteiger partial charge in [0, 0.05) is 51.0 Å². The minimum absolute atomic E-state index is 0.127. The number of carbonyl (C=O) groups excluding carboxylic acids is 1. The highest BCUT2D eigenvalue weighted by Crippen LogP contribution is 2.40. The highest BCUT2D eigenvalue weighted by Gasteiger charge is 2.44. The van der Waals surface area contributed by atoms with E-state index >= 15 is 0 Å². The molecule has 3 aliphatic rings. The monoisotopic (exact) mass is 493 g/mol. The molecule has 1 spiro atoms. The topological polar surface area (TPSA) is 109 Å². The zero-order valence-electron chi connectivity index (χ0n) is 21.3. The molecule has 2 aromatic rings. The van der Waals surface area contributed by atoms with Gasteiger partial charge in [-0.25, -0.2) is 0 Å². The Hall–Kier alpha value is -3.07. The molecule has 0 unspecified atom stereocenters. The van der Waals surface area contributed by atoms with Crippen LogP contribution >= 0.6 is 0 Å². The molecular formula is C27H39N7O2. The van der Waals surface area contributed by atoms with Crippen molar-refractivity contribution in [2.45, 2.75) is 58.0 Å². The van der Waals surface area contributed by atoms with Crippen LogP contribution in [-0.4, -0.2) is 61.3 Å². The second-order valence-electron chi connectivity index (χ2n) is 10.4. The van der Waals surface area contributed by atoms with Crippen LogP contribution in [0.15, 0.2) is 30.3 Å². The Morgan fingerprint density at radius 2 is 1.92 bits per heavy atom. The summed E-state index contributed by atoms with van der Waals surface area (Å²) in [4.78, 5) is 25.9. The van der Waals surface area contributed by atoms with Crippen molar-refractivity contribution in [2.24, 2.45) is 5.41 Å². The number of esters is 1. The van der Waals surface area contributed by atoms with Crippen LogP contribution in [0.25, 0.3) is 0 Å². The molecule has 0 saturated carbocycles. The van der Waals surface area contributed by atoms with E-state index in [4.69, 9.17) is 10.5 Å². The predicted molar refractivity (Wildman–Crippen MR) is 143 cm³/mol. The molecule has 36 heavy (non-hydrogen) atoms. The number of piperidine rings is 2. The molecule has 5 rings (SSSR count). The smallest absolute Gasteiger partial charge is 0.323 e. The van der Waals surface area contributed by atoms with Crippen LogP contribution < -0.4 is 26.2 Å². The number of para-hydroxylation sites is 1. The molecule has 0 bridgehead atoms. The van der Waals surface area contributed by atoms with Crippen molar-refractivity contribution in [2.75, 3.05) is 60.2 Å². The Morgan fingerprint density at radius 3 is 2.69 bits per heavy atom. The van der Waals surface area contributed by atoms with Gasteiger partial charge in [-0.05, 0) is 62.5 Å². The number of carbonyl (C=O) groups is 1. The Balaban J connectivity index is 1.21. The van der Waals surface area contributed by atoms with Gasteiger partial charge in [-0.2, -0.15) is 9.97 Å². The van der Waals surface area contributed by atoms with E-state index < -0.39 is 0 Å². The molecule has 194 valence electrons. The first-order chi connectivity index (χ1) is 17.5. The number of hydrogen-bond donors (Lipinski definition) is 3. The second-order valence-corrected chi connectivity index (χ2v) is 10.4. The van der Waals surface area contributed by atoms with E-state index in [1.807, 2.05) is 13.0 Å². The molecule has 0 radical (unpaired) electrons. The molecule has 9 nitrogen and oxygen atoms in total. The van der Waals surface area contributed by atoms with Crippen molar-refractivity contribution >= 4 is 29.2 Å². The molecule has 4 heterocycles. The van der Waals surface area contributed by atoms with Crippen LogP contribution in [0.3, 0.4) is 0 Å². The lowest BCUT2D eigenvalue weighted by Crippen LogP contribution is -2.41. The van der Waals surface area contributed by atoms with E-state index in [-0.39, 0.29) is 23.4 Å². The minimum atomic E-state index is -0.185. The molecule has 0 aliphatic carbocycles. The first-order valence-electron chi connectivity index (χ1n) is 13.4. The first kappa shape index (κ1) is 24.6. The molecule has 3 saturated heterocycles. The standard InChI is InChI=1S/C27H39N7O2/c1-2-36-25(35)21-17-27(19-30-21)10-14-34(15-11-27)24-16-23(31-26(28)32-24)29-18-20-8-4-5-9-22(20)33-12-6-3-7-13-33/h4-5,8-9,16,21,30H,2-3,6-7,10-15,17-19H2,1H3,(H3,28,29,31,32)/t21-/m0/s1. The van der Waals surface area contributed by atoms with Gasteiger partial charge in [0.2, 0.25) is 5.95 Å². The maximum atomic E-state index is 12.2. The average Bonchev–Trinajstić information content (AvgIpc) is 3.32. The van der Waals surface area contributed by atoms with Crippen LogP contribution in [0, 0.1) is 5.41 Å². The van der Waals surface area contributed by atoms with E-state index in [0.29, 0.717) is 13.2 Å². The zero-order valence-corrected chi connectivity index (χ0v) is 21.3. The highest BCUT2D eigenvalue weighted by molar-refractivity contribution is 5.76. The maximum Gasteiger partial charge on any atom is 0.323 e. The highest BCUT2D eigenvalue weighted by atomic mass is 16.5. The summed E-state index contributed by atoms with van der Waals surface area (Å²) >= 11 is 0. The van der Waals surface area contributed by atoms with Gasteiger partial charge in [0.05, 0.1) is 6.61 Å². The fourth-order valence-corrected chi connectivity index (χ4v) is 5.91. The zero-order chi connectivity index (χ0) is 25.0. The summed E-state index contributed by atoms with van der Waals surface area (Å²) in [6.07, 6.45) is 6.68. The predicted octanol–water partition coefficient (Wildman–Crippen LogP) is 3.17. The van der Waals surface area contributed by atoms with Crippen molar-refractivity contribution in [1.29, 1.82) is 0 Å². The number of anilines is 4. The maximum absolute atomic E-state index is 12.2. The van der Waals surface area contributed by atoms with Crippen molar-refractivity contribution in [3.8, 4) is 0 Å². The SMILES string of the molecule is CCOC(=O)[C@@H]1CC2(CCN(c3cc(NCc4ccccc4N4CCCCC4)nc(N)n3)CC2)CN1. The van der Waals surface area contributed by atoms with Crippen LogP contribution in [0.1, 0.15) is 51.0 Å². The molecule has 9 heteroatoms. The quantitative estimate of drug-likeness (QED) is 0.501. The van der Waals surface area contributed by atoms with Crippen LogP contribution in [0.5, 0.6) is 0 Å². The summed E-state index contributed by atoms with van der Waals surface area (Å²) in [6.45, 7) is 7.82. The number of hydrogen-bond acceptors (Lipinski definition) is 9. The van der Waals surface area contributed by atoms with Gasteiger partial charge in [0.1, 0.15) is 17.7 Å². The molecule has 4 N–H and O–H groups in total. The second kappa shape index (κ2) is 10.9. The normalized spacial score (nSPS) is 21.5. The number of aromatic nitrogens is 2. The number of nitrogen functional groups attached to an aromatic ring is 1. The Morgan fingerprint density at radius 1 is 1.14 bits per heavy atom. The van der Waals surface area contributed by atoms with Gasteiger partial charge in [-0.3, -0.25) is 4.79 Å². The van der Waals surface area contributed by atoms with Crippen molar-refractivity contribution in [3.05, 3.63) is 35.9 Å². The fraction of sp³-hybridized carbons (Fsp3) is 0.593. The Bertz CT molecular complexity index is 1050. The van der Waals surface area contributed by atoms with Crippen LogP contribution in [0.2, 0.25) is 0 Å². The molecule has 1 atom stereocenters. The summed E-state index contributed by atoms with van der Waals surface area (Å²) in [5.41, 5.74) is 8.84. The lowest BCUT2D eigenvalue weighted by molar-refractivity contribution is -0.145. The van der Waals surface area contributed by atoms with Gasteiger partial charge in [-0.1, -0.05) is 18.2 Å². The van der Waals surface area contributed by atoms with E-state index in [2.05, 4.69) is 54.7 Å². The Labute approximate surface area is 213 Å². The van der Waals surface area contributed by atoms with Crippen LogP contribution in [-0.2, 0) is 16.1 Å². The van der Waals surface area contributed by atoms with Gasteiger partial charge < -0.3 is 30.9 Å². The lowest BCUT2D eigenvalue weighted by atomic mass is 9.76. The van der Waals surface area contributed by atoms with E-state index in [1.54, 1.807) is 0 Å². The van der Waals surface area contributed by atoms with Gasteiger partial charge in [0.25, 0.3) is 0 Å². The molecule has 0 amide bonds. The van der Waals surface area contributed by atoms with Crippen molar-refractivity contribution in [3.63, 3.8) is 0 Å². The van der Waals surface area contributed by atoms with Gasteiger partial charge in [0.15, 0.2) is 0 Å². The summed E-state index contributed by atoms with van der Waals surface area (Å²) < 4.78 is 5.22. The van der Waals surface area contributed by atoms with Gasteiger partial charge in [-0.15, -0.1) is 0 Å². The number of nitrogens with two attached hydrogens (primary N) is 1. The fourth-order valence-electron chi connectivity index (χ4n) is 5.91. The number of nitrogens with zero attached hydrogens (tertiary/aromatic N) is 4. The molecule has 1 aromatic heterocycles. The van der Waals surface area contributed by atoms with Crippen LogP contribution in [0.4, 0.5) is 23.3 Å². The third kappa shape index (κ3) is 5.51. The average molecular weight is 494 g/mol. The lowest BCUT2D eigenvalue weighted by Gasteiger charge is -2.39. The van der Waals surface area contributed by atoms with E-state index in [1.165, 1.54) is 30.5 Å². The largest absolute Gasteiger partial charge is 0.465 e. The van der Waals surface area contributed by atoms with E-state index in [0.717, 1.165) is 63.6 Å². The van der Waals surface area contributed by atoms with Crippen molar-refractivity contribution < 1.29 is 9.53 Å². The molecular weight excluding hydrogens is 454 g/mol. The summed E-state index contributed by atoms with van der Waals surface area (Å²) in [6, 6.07) is 10.4. The molecule has 3 fully saturated rings.